The van der Waals surface area contributed by atoms with Gasteiger partial charge in [0.25, 0.3) is 0 Å². The van der Waals surface area contributed by atoms with Crippen LogP contribution in [-0.4, -0.2) is 5.11 Å². The predicted octanol–water partition coefficient (Wildman–Crippen LogP) is 2.62. The van der Waals surface area contributed by atoms with E-state index < -0.39 is 0 Å². The molecule has 1 aromatic rings. The van der Waals surface area contributed by atoms with Gasteiger partial charge in [0, 0.05) is 14.2 Å². The molecular weight excluding hydrogens is 212 g/mol. The molecule has 1 nitrogen and oxygen atoms in total. The molecular formula is C7H9BrOS. The molecule has 1 N–H and O–H groups in total. The van der Waals surface area contributed by atoms with Gasteiger partial charge in [-0.05, 0) is 35.3 Å². The first-order valence-electron chi connectivity index (χ1n) is 3.02. The first kappa shape index (κ1) is 8.24. The minimum atomic E-state index is 0.156. The highest BCUT2D eigenvalue weighted by Crippen LogP contribution is 2.31. The maximum atomic E-state index is 8.85. The molecule has 1 aromatic heterocycles. The monoisotopic (exact) mass is 220 g/mol. The van der Waals surface area contributed by atoms with Gasteiger partial charge in [-0.25, -0.2) is 0 Å². The van der Waals surface area contributed by atoms with Crippen molar-refractivity contribution in [3.63, 3.8) is 0 Å². The fraction of sp³-hybridized carbons (Fsp3) is 0.429. The number of hydrogen-bond acceptors (Lipinski definition) is 2. The Morgan fingerprint density at radius 2 is 2.10 bits per heavy atom. The van der Waals surface area contributed by atoms with Crippen molar-refractivity contribution >= 4 is 27.3 Å². The van der Waals surface area contributed by atoms with Gasteiger partial charge in [-0.3, -0.25) is 0 Å². The van der Waals surface area contributed by atoms with Gasteiger partial charge in [-0.2, -0.15) is 0 Å². The second-order valence-corrected chi connectivity index (χ2v) is 4.28. The lowest BCUT2D eigenvalue weighted by atomic mass is 10.3. The lowest BCUT2D eigenvalue weighted by Gasteiger charge is -1.90. The molecule has 56 valence electrons. The van der Waals surface area contributed by atoms with Crippen LogP contribution in [0.4, 0.5) is 0 Å². The van der Waals surface area contributed by atoms with Crippen molar-refractivity contribution in [1.29, 1.82) is 0 Å². The van der Waals surface area contributed by atoms with Crippen LogP contribution < -0.4 is 0 Å². The van der Waals surface area contributed by atoms with Gasteiger partial charge in [0.15, 0.2) is 0 Å². The van der Waals surface area contributed by atoms with Crippen LogP contribution >= 0.6 is 27.3 Å². The first-order chi connectivity index (χ1) is 4.66. The lowest BCUT2D eigenvalue weighted by molar-refractivity contribution is 0.285. The van der Waals surface area contributed by atoms with Crippen LogP contribution in [0.2, 0.25) is 0 Å². The summed E-state index contributed by atoms with van der Waals surface area (Å²) < 4.78 is 1.14. The van der Waals surface area contributed by atoms with Gasteiger partial charge in [-0.15, -0.1) is 11.3 Å². The summed E-state index contributed by atoms with van der Waals surface area (Å²) in [4.78, 5) is 2.30. The zero-order chi connectivity index (χ0) is 7.72. The van der Waals surface area contributed by atoms with E-state index in [9.17, 15) is 0 Å². The molecule has 0 aliphatic heterocycles. The van der Waals surface area contributed by atoms with E-state index in [0.717, 1.165) is 9.35 Å². The van der Waals surface area contributed by atoms with Gasteiger partial charge < -0.3 is 5.11 Å². The van der Waals surface area contributed by atoms with E-state index in [1.807, 2.05) is 13.8 Å². The number of aliphatic hydroxyl groups is 1. The minimum Gasteiger partial charge on any atom is -0.391 e. The van der Waals surface area contributed by atoms with Crippen LogP contribution in [0.15, 0.2) is 4.47 Å². The molecule has 3 heteroatoms. The van der Waals surface area contributed by atoms with Crippen LogP contribution in [0.3, 0.4) is 0 Å². The highest BCUT2D eigenvalue weighted by atomic mass is 79.9. The molecule has 0 spiro atoms. The molecule has 0 bridgehead atoms. The highest BCUT2D eigenvalue weighted by molar-refractivity contribution is 9.10. The Bertz CT molecular complexity index is 242. The second-order valence-electron chi connectivity index (χ2n) is 2.18. The Morgan fingerprint density at radius 1 is 1.50 bits per heavy atom. The molecule has 0 amide bonds. The van der Waals surface area contributed by atoms with Gasteiger partial charge in [-0.1, -0.05) is 0 Å². The van der Waals surface area contributed by atoms with E-state index in [-0.39, 0.29) is 6.61 Å². The highest BCUT2D eigenvalue weighted by Gasteiger charge is 2.07. The minimum absolute atomic E-state index is 0.156. The summed E-state index contributed by atoms with van der Waals surface area (Å²) in [6.07, 6.45) is 0. The van der Waals surface area contributed by atoms with Crippen molar-refractivity contribution in [3.05, 3.63) is 19.8 Å². The van der Waals surface area contributed by atoms with Crippen molar-refractivity contribution in [1.82, 2.24) is 0 Å². The van der Waals surface area contributed by atoms with Gasteiger partial charge in [0.1, 0.15) is 0 Å². The van der Waals surface area contributed by atoms with E-state index in [4.69, 9.17) is 5.11 Å². The Labute approximate surface area is 72.8 Å². The van der Waals surface area contributed by atoms with Crippen molar-refractivity contribution in [3.8, 4) is 0 Å². The van der Waals surface area contributed by atoms with E-state index in [2.05, 4.69) is 15.9 Å². The lowest BCUT2D eigenvalue weighted by Crippen LogP contribution is -1.78. The topological polar surface area (TPSA) is 20.2 Å². The molecule has 0 aliphatic rings. The number of rotatable bonds is 1. The average molecular weight is 221 g/mol. The van der Waals surface area contributed by atoms with Crippen molar-refractivity contribution in [2.24, 2.45) is 0 Å². The number of hydrogen-bond donors (Lipinski definition) is 1. The van der Waals surface area contributed by atoms with Crippen molar-refractivity contribution in [2.75, 3.05) is 0 Å². The third-order valence-corrected chi connectivity index (χ3v) is 4.12. The summed E-state index contributed by atoms with van der Waals surface area (Å²) in [6.45, 7) is 4.21. The molecule has 10 heavy (non-hydrogen) atoms. The summed E-state index contributed by atoms with van der Waals surface area (Å²) in [5, 5.41) is 8.85. The van der Waals surface area contributed by atoms with Gasteiger partial charge in [0.2, 0.25) is 0 Å². The van der Waals surface area contributed by atoms with Crippen LogP contribution in [0.1, 0.15) is 15.3 Å². The molecule has 0 aromatic carbocycles. The van der Waals surface area contributed by atoms with Gasteiger partial charge >= 0.3 is 0 Å². The molecule has 1 rings (SSSR count). The van der Waals surface area contributed by atoms with Crippen LogP contribution in [0, 0.1) is 13.8 Å². The first-order valence-corrected chi connectivity index (χ1v) is 4.63. The number of halogens is 1. The van der Waals surface area contributed by atoms with E-state index in [0.29, 0.717) is 0 Å². The van der Waals surface area contributed by atoms with E-state index in [1.165, 1.54) is 10.4 Å². The maximum absolute atomic E-state index is 8.85. The smallest absolute Gasteiger partial charge is 0.0777 e. The molecule has 0 atom stereocenters. The normalized spacial score (nSPS) is 10.4. The number of aryl methyl sites for hydroxylation is 1. The zero-order valence-corrected chi connectivity index (χ0v) is 8.34. The Morgan fingerprint density at radius 3 is 2.30 bits per heavy atom. The summed E-state index contributed by atoms with van der Waals surface area (Å²) >= 11 is 5.08. The van der Waals surface area contributed by atoms with E-state index >= 15 is 0 Å². The number of aliphatic hydroxyl groups excluding tert-OH is 1. The number of thiophene rings is 1. The average Bonchev–Trinajstić information content (AvgIpc) is 2.17. The maximum Gasteiger partial charge on any atom is 0.0777 e. The standard InChI is InChI=1S/C7H9BrOS/c1-4-6(3-9)10-5(2)7(4)8/h9H,3H2,1-2H3. The molecule has 0 fully saturated rings. The van der Waals surface area contributed by atoms with E-state index in [1.54, 1.807) is 11.3 Å². The third-order valence-electron chi connectivity index (χ3n) is 1.48. The Kier molecular flexibility index (Phi) is 2.50. The van der Waals surface area contributed by atoms with Crippen LogP contribution in [-0.2, 0) is 6.61 Å². The van der Waals surface area contributed by atoms with Gasteiger partial charge in [0.05, 0.1) is 6.61 Å². The van der Waals surface area contributed by atoms with Crippen LogP contribution in [0.25, 0.3) is 0 Å². The second kappa shape index (κ2) is 3.03. The molecule has 0 aliphatic carbocycles. The summed E-state index contributed by atoms with van der Waals surface area (Å²) in [5.41, 5.74) is 1.17. The molecule has 0 saturated carbocycles. The largest absolute Gasteiger partial charge is 0.391 e. The molecule has 0 saturated heterocycles. The molecule has 1 heterocycles. The fourth-order valence-electron chi connectivity index (χ4n) is 0.843. The zero-order valence-electron chi connectivity index (χ0n) is 5.94. The molecule has 0 radical (unpaired) electrons. The quantitative estimate of drug-likeness (QED) is 0.772. The summed E-state index contributed by atoms with van der Waals surface area (Å²) in [5.74, 6) is 0. The summed E-state index contributed by atoms with van der Waals surface area (Å²) in [7, 11) is 0. The Balaban J connectivity index is 3.17. The Hall–Kier alpha value is 0.140. The third kappa shape index (κ3) is 1.26. The fourth-order valence-corrected chi connectivity index (χ4v) is 2.39. The predicted molar refractivity (Wildman–Crippen MR) is 47.4 cm³/mol. The summed E-state index contributed by atoms with van der Waals surface area (Å²) in [6, 6.07) is 0. The SMILES string of the molecule is Cc1sc(CO)c(C)c1Br. The van der Waals surface area contributed by atoms with Crippen molar-refractivity contribution < 1.29 is 5.11 Å². The molecule has 0 unspecified atom stereocenters. The van der Waals surface area contributed by atoms with Crippen LogP contribution in [0.5, 0.6) is 0 Å². The van der Waals surface area contributed by atoms with Crippen molar-refractivity contribution in [2.45, 2.75) is 20.5 Å².